The number of carbonyl (C=O) groups excluding carboxylic acids is 2. The zero-order chi connectivity index (χ0) is 18.6. The molecule has 2 N–H and O–H groups in total. The van der Waals surface area contributed by atoms with Crippen molar-refractivity contribution >= 4 is 46.4 Å². The Morgan fingerprint density at radius 2 is 1.64 bits per heavy atom. The Morgan fingerprint density at radius 3 is 2.32 bits per heavy atom. The molecule has 9 heteroatoms. The molecule has 132 valence electrons. The summed E-state index contributed by atoms with van der Waals surface area (Å²) in [5.74, 6) is -1.45. The molecule has 0 radical (unpaired) electrons. The number of carbonyl (C=O) groups is 2. The summed E-state index contributed by atoms with van der Waals surface area (Å²) in [6.07, 6.45) is -5.12. The van der Waals surface area contributed by atoms with Crippen LogP contribution in [0, 0.1) is 0 Å². The summed E-state index contributed by atoms with van der Waals surface area (Å²) in [6.45, 7) is 0. The van der Waals surface area contributed by atoms with Crippen LogP contribution in [0.5, 0.6) is 0 Å². The van der Waals surface area contributed by atoms with Crippen molar-refractivity contribution in [3.63, 3.8) is 0 Å². The van der Waals surface area contributed by atoms with Gasteiger partial charge >= 0.3 is 6.18 Å². The van der Waals surface area contributed by atoms with Crippen molar-refractivity contribution in [1.82, 2.24) is 0 Å². The molecule has 0 heterocycles. The Labute approximate surface area is 150 Å². The topological polar surface area (TPSA) is 58.2 Å². The smallest absolute Gasteiger partial charge is 0.326 e. The van der Waals surface area contributed by atoms with Crippen molar-refractivity contribution in [3.05, 3.63) is 58.1 Å². The first-order chi connectivity index (χ1) is 11.6. The molecule has 0 saturated heterocycles. The van der Waals surface area contributed by atoms with Crippen LogP contribution >= 0.6 is 23.2 Å². The fraction of sp³-hybridized carbons (Fsp3) is 0.125. The zero-order valence-electron chi connectivity index (χ0n) is 12.5. The molecule has 2 aromatic carbocycles. The summed E-state index contributed by atoms with van der Waals surface area (Å²) in [6, 6.07) is 8.52. The van der Waals surface area contributed by atoms with Crippen LogP contribution in [0.3, 0.4) is 0 Å². The number of amides is 2. The van der Waals surface area contributed by atoms with Gasteiger partial charge in [-0.05, 0) is 36.4 Å². The number of hydrogen-bond acceptors (Lipinski definition) is 2. The number of benzene rings is 2. The van der Waals surface area contributed by atoms with Gasteiger partial charge in [0, 0.05) is 10.7 Å². The van der Waals surface area contributed by atoms with Gasteiger partial charge < -0.3 is 10.6 Å². The standard InChI is InChI=1S/C16H11Cl2F3N2O2/c17-10-4-5-12(18)13(7-10)23-15(25)8-14(24)22-11-3-1-2-9(6-11)16(19,20)21/h1-7H,8H2,(H,22,24)(H,23,25). The van der Waals surface area contributed by atoms with E-state index in [1.165, 1.54) is 24.3 Å². The molecular weight excluding hydrogens is 380 g/mol. The average molecular weight is 391 g/mol. The SMILES string of the molecule is O=C(CC(=O)Nc1cc(Cl)ccc1Cl)Nc1cccc(C(F)(F)F)c1. The molecule has 0 saturated carbocycles. The second kappa shape index (κ2) is 7.76. The van der Waals surface area contributed by atoms with E-state index in [0.29, 0.717) is 5.02 Å². The monoisotopic (exact) mass is 390 g/mol. The molecule has 2 aromatic rings. The largest absolute Gasteiger partial charge is 0.416 e. The fourth-order valence-electron chi connectivity index (χ4n) is 1.91. The van der Waals surface area contributed by atoms with Crippen molar-refractivity contribution in [2.24, 2.45) is 0 Å². The summed E-state index contributed by atoms with van der Waals surface area (Å²) in [7, 11) is 0. The van der Waals surface area contributed by atoms with Gasteiger partial charge in [0.05, 0.1) is 16.3 Å². The van der Waals surface area contributed by atoms with Gasteiger partial charge in [-0.25, -0.2) is 0 Å². The number of rotatable bonds is 4. The highest BCUT2D eigenvalue weighted by Crippen LogP contribution is 2.30. The summed E-state index contributed by atoms with van der Waals surface area (Å²) in [4.78, 5) is 23.7. The van der Waals surface area contributed by atoms with Gasteiger partial charge in [0.15, 0.2) is 0 Å². The molecule has 2 rings (SSSR count). The zero-order valence-corrected chi connectivity index (χ0v) is 14.0. The molecule has 0 unspecified atom stereocenters. The van der Waals surface area contributed by atoms with Crippen LogP contribution in [0.15, 0.2) is 42.5 Å². The van der Waals surface area contributed by atoms with Crippen LogP contribution in [0.1, 0.15) is 12.0 Å². The summed E-state index contributed by atoms with van der Waals surface area (Å²) in [5.41, 5.74) is -0.736. The third kappa shape index (κ3) is 5.65. The molecule has 0 bridgehead atoms. The van der Waals surface area contributed by atoms with E-state index in [2.05, 4.69) is 10.6 Å². The lowest BCUT2D eigenvalue weighted by Gasteiger charge is -2.10. The molecular formula is C16H11Cl2F3N2O2. The van der Waals surface area contributed by atoms with Gasteiger partial charge in [0.2, 0.25) is 11.8 Å². The Hall–Kier alpha value is -2.25. The fourth-order valence-corrected chi connectivity index (χ4v) is 2.25. The third-order valence-electron chi connectivity index (χ3n) is 3.00. The quantitative estimate of drug-likeness (QED) is 0.723. The first kappa shape index (κ1) is 19.1. The van der Waals surface area contributed by atoms with Crippen LogP contribution < -0.4 is 10.6 Å². The highest BCUT2D eigenvalue weighted by atomic mass is 35.5. The van der Waals surface area contributed by atoms with Crippen molar-refractivity contribution in [1.29, 1.82) is 0 Å². The third-order valence-corrected chi connectivity index (χ3v) is 3.56. The van der Waals surface area contributed by atoms with Crippen LogP contribution in [-0.2, 0) is 15.8 Å². The average Bonchev–Trinajstić information content (AvgIpc) is 2.50. The maximum atomic E-state index is 12.6. The minimum atomic E-state index is -4.53. The molecule has 0 aromatic heterocycles. The van der Waals surface area contributed by atoms with E-state index in [1.54, 1.807) is 0 Å². The number of alkyl halides is 3. The Balaban J connectivity index is 1.98. The Bertz CT molecular complexity index is 810. The highest BCUT2D eigenvalue weighted by molar-refractivity contribution is 6.35. The van der Waals surface area contributed by atoms with E-state index in [-0.39, 0.29) is 16.4 Å². The van der Waals surface area contributed by atoms with Gasteiger partial charge in [-0.3, -0.25) is 9.59 Å². The van der Waals surface area contributed by atoms with Crippen LogP contribution in [-0.4, -0.2) is 11.8 Å². The normalized spacial score (nSPS) is 11.1. The molecule has 2 amide bonds. The van der Waals surface area contributed by atoms with Crippen molar-refractivity contribution in [2.75, 3.05) is 10.6 Å². The molecule has 25 heavy (non-hydrogen) atoms. The maximum absolute atomic E-state index is 12.6. The molecule has 0 spiro atoms. The predicted molar refractivity (Wildman–Crippen MR) is 89.8 cm³/mol. The summed E-state index contributed by atoms with van der Waals surface area (Å²) < 4.78 is 37.9. The first-order valence-corrected chi connectivity index (χ1v) is 7.63. The second-order valence-corrected chi connectivity index (χ2v) is 5.82. The Morgan fingerprint density at radius 1 is 0.960 bits per heavy atom. The number of anilines is 2. The number of nitrogens with one attached hydrogen (secondary N) is 2. The van der Waals surface area contributed by atoms with Crippen molar-refractivity contribution < 1.29 is 22.8 Å². The molecule has 4 nitrogen and oxygen atoms in total. The van der Waals surface area contributed by atoms with Crippen molar-refractivity contribution in [2.45, 2.75) is 12.6 Å². The predicted octanol–water partition coefficient (Wildman–Crippen LogP) is 4.98. The van der Waals surface area contributed by atoms with Crippen LogP contribution in [0.25, 0.3) is 0 Å². The van der Waals surface area contributed by atoms with Crippen molar-refractivity contribution in [3.8, 4) is 0 Å². The van der Waals surface area contributed by atoms with E-state index >= 15 is 0 Å². The van der Waals surface area contributed by atoms with Gasteiger partial charge in [-0.15, -0.1) is 0 Å². The summed E-state index contributed by atoms with van der Waals surface area (Å²) >= 11 is 11.7. The van der Waals surface area contributed by atoms with Gasteiger partial charge in [-0.1, -0.05) is 29.3 Å². The molecule has 0 aliphatic carbocycles. The van der Waals surface area contributed by atoms with E-state index in [4.69, 9.17) is 23.2 Å². The minimum absolute atomic E-state index is 0.0617. The molecule has 0 atom stereocenters. The summed E-state index contributed by atoms with van der Waals surface area (Å²) in [5, 5.41) is 5.22. The molecule has 0 fully saturated rings. The van der Waals surface area contributed by atoms with Gasteiger partial charge in [-0.2, -0.15) is 13.2 Å². The van der Waals surface area contributed by atoms with E-state index in [0.717, 1.165) is 18.2 Å². The van der Waals surface area contributed by atoms with E-state index in [1.807, 2.05) is 0 Å². The number of halogens is 5. The van der Waals surface area contributed by atoms with Crippen LogP contribution in [0.4, 0.5) is 24.5 Å². The lowest BCUT2D eigenvalue weighted by molar-refractivity contribution is -0.137. The highest BCUT2D eigenvalue weighted by Gasteiger charge is 2.30. The lowest BCUT2D eigenvalue weighted by Crippen LogP contribution is -2.21. The molecule has 0 aliphatic rings. The second-order valence-electron chi connectivity index (χ2n) is 4.98. The van der Waals surface area contributed by atoms with E-state index in [9.17, 15) is 22.8 Å². The lowest BCUT2D eigenvalue weighted by atomic mass is 10.2. The first-order valence-electron chi connectivity index (χ1n) is 6.87. The minimum Gasteiger partial charge on any atom is -0.326 e. The number of hydrogen-bond donors (Lipinski definition) is 2. The van der Waals surface area contributed by atoms with Crippen LogP contribution in [0.2, 0.25) is 10.0 Å². The maximum Gasteiger partial charge on any atom is 0.416 e. The Kier molecular flexibility index (Phi) is 5.92. The molecule has 0 aliphatic heterocycles. The van der Waals surface area contributed by atoms with Gasteiger partial charge in [0.25, 0.3) is 0 Å². The van der Waals surface area contributed by atoms with E-state index < -0.39 is 30.0 Å². The van der Waals surface area contributed by atoms with Gasteiger partial charge in [0.1, 0.15) is 6.42 Å².